The number of aliphatic hydroxyl groups excluding tert-OH is 1. The molecule has 0 aromatic heterocycles. The van der Waals surface area contributed by atoms with E-state index in [1.54, 1.807) is 6.92 Å². The quantitative estimate of drug-likeness (QED) is 0.175. The third-order valence-electron chi connectivity index (χ3n) is 8.17. The molecule has 2 amide bonds. The number of halogens is 6. The summed E-state index contributed by atoms with van der Waals surface area (Å²) in [4.78, 5) is 29.4. The number of alkyl halides is 6. The first-order valence-electron chi connectivity index (χ1n) is 17.5. The summed E-state index contributed by atoms with van der Waals surface area (Å²) in [7, 11) is 4.18. The third kappa shape index (κ3) is 12.3. The highest BCUT2D eigenvalue weighted by atomic mass is 19.4. The topological polar surface area (TPSA) is 82.1 Å². The van der Waals surface area contributed by atoms with E-state index in [9.17, 15) is 41.0 Å². The molecule has 0 radical (unpaired) electrons. The van der Waals surface area contributed by atoms with Gasteiger partial charge in [0, 0.05) is 19.0 Å². The van der Waals surface area contributed by atoms with Crippen LogP contribution in [0.2, 0.25) is 0 Å². The Hall–Kier alpha value is -4.88. The maximum atomic E-state index is 13.1. The molecule has 1 aliphatic heterocycles. The smallest absolute Gasteiger partial charge is 0.416 e. The zero-order valence-electron chi connectivity index (χ0n) is 31.2. The Kier molecular flexibility index (Phi) is 15.7. The summed E-state index contributed by atoms with van der Waals surface area (Å²) in [6.07, 6.45) is -10.9. The number of carbonyl (C=O) groups is 2. The number of para-hydroxylation sites is 1. The first-order valence-corrected chi connectivity index (χ1v) is 17.5. The molecule has 2 atom stereocenters. The van der Waals surface area contributed by atoms with E-state index in [1.807, 2.05) is 26.8 Å². The first kappa shape index (κ1) is 43.5. The highest BCUT2D eigenvalue weighted by Gasteiger charge is 2.37. The maximum Gasteiger partial charge on any atom is 0.416 e. The van der Waals surface area contributed by atoms with Gasteiger partial charge in [-0.2, -0.15) is 26.3 Å². The SMILES string of the molecule is CC.CN(C)Cc1ccc(-c2ccccc2)cc1.C[C@H]1COc2c(NC(=O)Cc3cc(C(F)(F)F)cc(C(F)(F)F)c3)cccc2C(=O)N([C@@H](C)CO)C1. The van der Waals surface area contributed by atoms with Crippen LogP contribution in [0.3, 0.4) is 0 Å². The van der Waals surface area contributed by atoms with Crippen molar-refractivity contribution in [3.05, 3.63) is 119 Å². The van der Waals surface area contributed by atoms with E-state index < -0.39 is 53.3 Å². The van der Waals surface area contributed by atoms with Gasteiger partial charge in [0.15, 0.2) is 5.75 Å². The van der Waals surface area contributed by atoms with Crippen molar-refractivity contribution >= 4 is 17.5 Å². The number of hydrogen-bond donors (Lipinski definition) is 2. The molecule has 2 N–H and O–H groups in total. The average Bonchev–Trinajstić information content (AvgIpc) is 3.12. The molecule has 0 unspecified atom stereocenters. The minimum atomic E-state index is -5.04. The molecule has 13 heteroatoms. The Morgan fingerprint density at radius 1 is 0.870 bits per heavy atom. The number of hydrogen-bond acceptors (Lipinski definition) is 5. The number of anilines is 1. The number of nitrogens with one attached hydrogen (secondary N) is 1. The molecule has 1 heterocycles. The van der Waals surface area contributed by atoms with Gasteiger partial charge >= 0.3 is 12.4 Å². The van der Waals surface area contributed by atoms with Gasteiger partial charge in [0.25, 0.3) is 5.91 Å². The lowest BCUT2D eigenvalue weighted by Crippen LogP contribution is -2.45. The van der Waals surface area contributed by atoms with Crippen LogP contribution in [-0.4, -0.2) is 66.6 Å². The second kappa shape index (κ2) is 19.4. The number of amides is 2. The van der Waals surface area contributed by atoms with E-state index in [4.69, 9.17) is 4.74 Å². The monoisotopic (exact) mass is 759 g/mol. The fourth-order valence-corrected chi connectivity index (χ4v) is 5.59. The lowest BCUT2D eigenvalue weighted by atomic mass is 10.0. The molecular formula is C41H47F6N3O4. The lowest BCUT2D eigenvalue weighted by molar-refractivity contribution is -0.143. The number of rotatable bonds is 8. The van der Waals surface area contributed by atoms with Crippen molar-refractivity contribution in [3.8, 4) is 16.9 Å². The number of nitrogens with zero attached hydrogens (tertiary/aromatic N) is 2. The fraction of sp³-hybridized carbons (Fsp3) is 0.366. The number of ether oxygens (including phenoxy) is 1. The van der Waals surface area contributed by atoms with Crippen molar-refractivity contribution in [2.75, 3.05) is 39.2 Å². The zero-order valence-corrected chi connectivity index (χ0v) is 31.2. The Balaban J connectivity index is 0.000000361. The van der Waals surface area contributed by atoms with Gasteiger partial charge in [0.1, 0.15) is 0 Å². The van der Waals surface area contributed by atoms with Crippen LogP contribution in [0.1, 0.15) is 60.3 Å². The van der Waals surface area contributed by atoms with Crippen LogP contribution in [0.4, 0.5) is 32.0 Å². The normalized spacial score (nSPS) is 15.0. The summed E-state index contributed by atoms with van der Waals surface area (Å²) >= 11 is 0. The van der Waals surface area contributed by atoms with Crippen LogP contribution in [0.15, 0.2) is 91.0 Å². The Labute approximate surface area is 312 Å². The van der Waals surface area contributed by atoms with Gasteiger partial charge in [-0.1, -0.05) is 81.4 Å². The van der Waals surface area contributed by atoms with Gasteiger partial charge in [-0.15, -0.1) is 0 Å². The molecule has 7 nitrogen and oxygen atoms in total. The van der Waals surface area contributed by atoms with Crippen LogP contribution in [0.25, 0.3) is 11.1 Å². The molecule has 4 aromatic carbocycles. The van der Waals surface area contributed by atoms with Gasteiger partial charge in [-0.3, -0.25) is 9.59 Å². The zero-order chi connectivity index (χ0) is 40.2. The molecule has 0 bridgehead atoms. The largest absolute Gasteiger partial charge is 0.490 e. The van der Waals surface area contributed by atoms with Gasteiger partial charge in [-0.05, 0) is 73.6 Å². The summed E-state index contributed by atoms with van der Waals surface area (Å²) in [6.45, 7) is 8.68. The summed E-state index contributed by atoms with van der Waals surface area (Å²) < 4.78 is 84.5. The van der Waals surface area contributed by atoms with Gasteiger partial charge < -0.3 is 25.0 Å². The van der Waals surface area contributed by atoms with Crippen molar-refractivity contribution < 1.29 is 45.8 Å². The lowest BCUT2D eigenvalue weighted by Gasteiger charge is -2.33. The Morgan fingerprint density at radius 2 is 1.44 bits per heavy atom. The van der Waals surface area contributed by atoms with E-state index >= 15 is 0 Å². The average molecular weight is 760 g/mol. The first-order chi connectivity index (χ1) is 25.5. The molecule has 0 saturated carbocycles. The number of carbonyl (C=O) groups excluding carboxylic acids is 2. The minimum absolute atomic E-state index is 0.0127. The van der Waals surface area contributed by atoms with E-state index in [2.05, 4.69) is 72.8 Å². The number of fused-ring (bicyclic) bond motifs is 1. The van der Waals surface area contributed by atoms with E-state index in [1.165, 1.54) is 39.8 Å². The van der Waals surface area contributed by atoms with Crippen molar-refractivity contribution in [2.45, 2.75) is 59.1 Å². The predicted octanol–water partition coefficient (Wildman–Crippen LogP) is 9.20. The van der Waals surface area contributed by atoms with Crippen LogP contribution in [0.5, 0.6) is 5.75 Å². The number of benzene rings is 4. The maximum absolute atomic E-state index is 13.1. The fourth-order valence-electron chi connectivity index (χ4n) is 5.59. The highest BCUT2D eigenvalue weighted by Crippen LogP contribution is 2.37. The molecule has 0 saturated heterocycles. The second-order valence-electron chi connectivity index (χ2n) is 13.0. The van der Waals surface area contributed by atoms with Crippen molar-refractivity contribution in [3.63, 3.8) is 0 Å². The molecule has 54 heavy (non-hydrogen) atoms. The molecule has 292 valence electrons. The standard InChI is InChI=1S/C24H24F6N2O4.C15H17N.C2H6/c1-13-10-32(14(2)11-33)22(35)18-4-3-5-19(21(18)36-12-13)31-20(34)8-15-6-16(23(25,26)27)9-17(7-15)24(28,29)30;1-16(2)12-13-8-10-15(11-9-13)14-6-4-3-5-7-14;1-2/h3-7,9,13-14,33H,8,10-12H2,1-2H3,(H,31,34);3-11H,12H2,1-2H3;1-2H3/t13-,14+;;/m1../s1. The summed E-state index contributed by atoms with van der Waals surface area (Å²) in [5, 5.41) is 12.0. The van der Waals surface area contributed by atoms with Gasteiger partial charge in [0.05, 0.1) is 48.1 Å². The van der Waals surface area contributed by atoms with Crippen molar-refractivity contribution in [1.82, 2.24) is 9.80 Å². The van der Waals surface area contributed by atoms with E-state index in [0.717, 1.165) is 6.54 Å². The van der Waals surface area contributed by atoms with E-state index in [-0.39, 0.29) is 42.2 Å². The molecule has 5 rings (SSSR count). The molecule has 0 spiro atoms. The molecule has 0 fully saturated rings. The van der Waals surface area contributed by atoms with Crippen LogP contribution < -0.4 is 10.1 Å². The minimum Gasteiger partial charge on any atom is -0.490 e. The van der Waals surface area contributed by atoms with Crippen molar-refractivity contribution in [2.24, 2.45) is 5.92 Å². The Bertz CT molecular complexity index is 1780. The van der Waals surface area contributed by atoms with Crippen LogP contribution >= 0.6 is 0 Å². The third-order valence-corrected chi connectivity index (χ3v) is 8.17. The van der Waals surface area contributed by atoms with Crippen LogP contribution in [-0.2, 0) is 30.1 Å². The summed E-state index contributed by atoms with van der Waals surface area (Å²) in [6, 6.07) is 24.0. The Morgan fingerprint density at radius 3 is 1.98 bits per heavy atom. The summed E-state index contributed by atoms with van der Waals surface area (Å²) in [5.41, 5.74) is 0.517. The predicted molar refractivity (Wildman–Crippen MR) is 198 cm³/mol. The van der Waals surface area contributed by atoms with Crippen molar-refractivity contribution in [1.29, 1.82) is 0 Å². The van der Waals surface area contributed by atoms with Gasteiger partial charge in [-0.25, -0.2) is 0 Å². The van der Waals surface area contributed by atoms with E-state index in [0.29, 0.717) is 18.7 Å². The second-order valence-corrected chi connectivity index (χ2v) is 13.0. The molecule has 0 aliphatic carbocycles. The molecule has 4 aromatic rings. The molecular weight excluding hydrogens is 712 g/mol. The van der Waals surface area contributed by atoms with Gasteiger partial charge in [0.2, 0.25) is 5.91 Å². The highest BCUT2D eigenvalue weighted by molar-refractivity contribution is 6.02. The summed E-state index contributed by atoms with van der Waals surface area (Å²) in [5.74, 6) is -1.46. The van der Waals surface area contributed by atoms with Crippen LogP contribution in [0, 0.1) is 5.92 Å². The molecule has 1 aliphatic rings. The number of aliphatic hydroxyl groups is 1.